The fraction of sp³-hybridized carbons (Fsp3) is 0.500. The minimum atomic E-state index is 0.769. The lowest BCUT2D eigenvalue weighted by Gasteiger charge is -2.21. The van der Waals surface area contributed by atoms with E-state index in [1.54, 1.807) is 0 Å². The van der Waals surface area contributed by atoms with E-state index in [-0.39, 0.29) is 0 Å². The Hall–Kier alpha value is -0.940. The Labute approximate surface area is 102 Å². The fourth-order valence-electron chi connectivity index (χ4n) is 2.21. The second-order valence-electron chi connectivity index (χ2n) is 4.47. The lowest BCUT2D eigenvalue weighted by Crippen LogP contribution is -2.07. The minimum absolute atomic E-state index is 0.769. The lowest BCUT2D eigenvalue weighted by molar-refractivity contribution is 0.516. The van der Waals surface area contributed by atoms with E-state index in [1.807, 2.05) is 23.9 Å². The highest BCUT2D eigenvalue weighted by molar-refractivity contribution is 8.00. The Morgan fingerprint density at radius 2 is 2.00 bits per heavy atom. The van der Waals surface area contributed by atoms with E-state index < -0.39 is 0 Å². The monoisotopic (exact) mass is 231 g/mol. The molecule has 1 nitrogen and oxygen atoms in total. The van der Waals surface area contributed by atoms with Crippen molar-refractivity contribution in [3.8, 4) is 6.07 Å². The molecule has 16 heavy (non-hydrogen) atoms. The van der Waals surface area contributed by atoms with Crippen LogP contribution in [0.5, 0.6) is 0 Å². The summed E-state index contributed by atoms with van der Waals surface area (Å²) in [6.07, 6.45) is 6.87. The van der Waals surface area contributed by atoms with Gasteiger partial charge in [-0.15, -0.1) is 11.8 Å². The maximum atomic E-state index is 8.82. The normalized spacial score (nSPS) is 17.0. The Morgan fingerprint density at radius 1 is 1.25 bits per heavy atom. The van der Waals surface area contributed by atoms with Crippen molar-refractivity contribution in [1.29, 1.82) is 5.26 Å². The molecule has 0 bridgehead atoms. The summed E-state index contributed by atoms with van der Waals surface area (Å²) in [5.41, 5.74) is 2.01. The standard InChI is InChI=1S/C14H17NS/c1-11-9-12(10-15)7-8-14(11)16-13-5-3-2-4-6-13/h7-9,13H,2-6H2,1H3. The van der Waals surface area contributed by atoms with Crippen LogP contribution in [0.15, 0.2) is 23.1 Å². The van der Waals surface area contributed by atoms with Crippen molar-refractivity contribution < 1.29 is 0 Å². The number of benzene rings is 1. The van der Waals surface area contributed by atoms with Crippen LogP contribution in [-0.4, -0.2) is 5.25 Å². The van der Waals surface area contributed by atoms with Gasteiger partial charge < -0.3 is 0 Å². The number of nitriles is 1. The van der Waals surface area contributed by atoms with Gasteiger partial charge in [0.25, 0.3) is 0 Å². The van der Waals surface area contributed by atoms with Gasteiger partial charge in [-0.05, 0) is 43.5 Å². The molecule has 2 heteroatoms. The largest absolute Gasteiger partial charge is 0.192 e. The first-order valence-corrected chi connectivity index (χ1v) is 6.85. The van der Waals surface area contributed by atoms with Crippen molar-refractivity contribution in [2.75, 3.05) is 0 Å². The highest BCUT2D eigenvalue weighted by Crippen LogP contribution is 2.35. The molecule has 1 saturated carbocycles. The molecule has 1 aromatic carbocycles. The molecule has 0 unspecified atom stereocenters. The first kappa shape index (κ1) is 11.5. The molecule has 0 N–H and O–H groups in total. The fourth-order valence-corrected chi connectivity index (χ4v) is 3.53. The van der Waals surface area contributed by atoms with Gasteiger partial charge in [-0.2, -0.15) is 5.26 Å². The maximum absolute atomic E-state index is 8.82. The number of nitrogens with zero attached hydrogens (tertiary/aromatic N) is 1. The summed E-state index contributed by atoms with van der Waals surface area (Å²) in [7, 11) is 0. The van der Waals surface area contributed by atoms with Crippen LogP contribution in [0.2, 0.25) is 0 Å². The van der Waals surface area contributed by atoms with Gasteiger partial charge in [0.2, 0.25) is 0 Å². The zero-order valence-electron chi connectivity index (χ0n) is 9.70. The number of rotatable bonds is 2. The molecule has 0 aliphatic heterocycles. The van der Waals surface area contributed by atoms with Crippen LogP contribution in [0.1, 0.15) is 43.2 Å². The summed E-state index contributed by atoms with van der Waals surface area (Å²) >= 11 is 2.00. The van der Waals surface area contributed by atoms with E-state index >= 15 is 0 Å². The average Bonchev–Trinajstić information content (AvgIpc) is 2.33. The van der Waals surface area contributed by atoms with Gasteiger partial charge in [0, 0.05) is 10.1 Å². The molecule has 1 aliphatic rings. The van der Waals surface area contributed by atoms with Crippen LogP contribution in [-0.2, 0) is 0 Å². The highest BCUT2D eigenvalue weighted by Gasteiger charge is 2.15. The van der Waals surface area contributed by atoms with E-state index in [1.165, 1.54) is 42.6 Å². The topological polar surface area (TPSA) is 23.8 Å². The first-order chi connectivity index (χ1) is 7.79. The van der Waals surface area contributed by atoms with Crippen LogP contribution in [0.4, 0.5) is 0 Å². The molecule has 1 fully saturated rings. The van der Waals surface area contributed by atoms with Gasteiger partial charge in [0.1, 0.15) is 0 Å². The SMILES string of the molecule is Cc1cc(C#N)ccc1SC1CCCCC1. The van der Waals surface area contributed by atoms with Gasteiger partial charge in [0.05, 0.1) is 11.6 Å². The summed E-state index contributed by atoms with van der Waals surface area (Å²) in [5, 5.41) is 9.61. The summed E-state index contributed by atoms with van der Waals surface area (Å²) in [6.45, 7) is 2.10. The van der Waals surface area contributed by atoms with Crippen molar-refractivity contribution in [1.82, 2.24) is 0 Å². The average molecular weight is 231 g/mol. The van der Waals surface area contributed by atoms with Crippen LogP contribution >= 0.6 is 11.8 Å². The van der Waals surface area contributed by atoms with Gasteiger partial charge >= 0.3 is 0 Å². The summed E-state index contributed by atoms with van der Waals surface area (Å²) in [6, 6.07) is 8.21. The van der Waals surface area contributed by atoms with Crippen molar-refractivity contribution in [3.63, 3.8) is 0 Å². The van der Waals surface area contributed by atoms with E-state index in [4.69, 9.17) is 5.26 Å². The predicted molar refractivity (Wildman–Crippen MR) is 68.6 cm³/mol. The quantitative estimate of drug-likeness (QED) is 0.758. The van der Waals surface area contributed by atoms with E-state index in [0.29, 0.717) is 0 Å². The second-order valence-corrected chi connectivity index (χ2v) is 5.81. The summed E-state index contributed by atoms with van der Waals surface area (Å²) in [5.74, 6) is 0. The molecule has 84 valence electrons. The van der Waals surface area contributed by atoms with Gasteiger partial charge in [0.15, 0.2) is 0 Å². The van der Waals surface area contributed by atoms with Crippen LogP contribution in [0, 0.1) is 18.3 Å². The molecule has 0 radical (unpaired) electrons. The Balaban J connectivity index is 2.06. The third-order valence-electron chi connectivity index (χ3n) is 3.15. The van der Waals surface area contributed by atoms with E-state index in [9.17, 15) is 0 Å². The zero-order valence-corrected chi connectivity index (χ0v) is 10.5. The van der Waals surface area contributed by atoms with Crippen molar-refractivity contribution in [2.24, 2.45) is 0 Å². The molecule has 0 spiro atoms. The first-order valence-electron chi connectivity index (χ1n) is 5.97. The molecule has 0 heterocycles. The van der Waals surface area contributed by atoms with Crippen molar-refractivity contribution in [3.05, 3.63) is 29.3 Å². The number of hydrogen-bond acceptors (Lipinski definition) is 2. The Kier molecular flexibility index (Phi) is 3.90. The molecule has 0 aromatic heterocycles. The van der Waals surface area contributed by atoms with E-state index in [2.05, 4.69) is 19.1 Å². The number of thioether (sulfide) groups is 1. The van der Waals surface area contributed by atoms with Gasteiger partial charge in [-0.1, -0.05) is 19.3 Å². The molecule has 0 atom stereocenters. The highest BCUT2D eigenvalue weighted by atomic mass is 32.2. The van der Waals surface area contributed by atoms with Crippen LogP contribution < -0.4 is 0 Å². The molecule has 1 aliphatic carbocycles. The van der Waals surface area contributed by atoms with Gasteiger partial charge in [-0.25, -0.2) is 0 Å². The van der Waals surface area contributed by atoms with Gasteiger partial charge in [-0.3, -0.25) is 0 Å². The second kappa shape index (κ2) is 5.41. The zero-order chi connectivity index (χ0) is 11.4. The molecular weight excluding hydrogens is 214 g/mol. The lowest BCUT2D eigenvalue weighted by atomic mass is 10.0. The molecule has 0 amide bonds. The Morgan fingerprint density at radius 3 is 2.62 bits per heavy atom. The van der Waals surface area contributed by atoms with Crippen LogP contribution in [0.3, 0.4) is 0 Å². The summed E-state index contributed by atoms with van der Waals surface area (Å²) < 4.78 is 0. The molecule has 2 rings (SSSR count). The number of aryl methyl sites for hydroxylation is 1. The number of hydrogen-bond donors (Lipinski definition) is 0. The van der Waals surface area contributed by atoms with Crippen molar-refractivity contribution in [2.45, 2.75) is 49.2 Å². The Bertz CT molecular complexity index is 400. The molecule has 1 aromatic rings. The maximum Gasteiger partial charge on any atom is 0.0991 e. The third-order valence-corrected chi connectivity index (χ3v) is 4.67. The molecule has 0 saturated heterocycles. The van der Waals surface area contributed by atoms with Crippen LogP contribution in [0.25, 0.3) is 0 Å². The van der Waals surface area contributed by atoms with E-state index in [0.717, 1.165) is 10.8 Å². The minimum Gasteiger partial charge on any atom is -0.192 e. The third kappa shape index (κ3) is 2.80. The predicted octanol–water partition coefficient (Wildman–Crippen LogP) is 4.29. The smallest absolute Gasteiger partial charge is 0.0991 e. The molecular formula is C14H17NS. The summed E-state index contributed by atoms with van der Waals surface area (Å²) in [4.78, 5) is 1.35. The van der Waals surface area contributed by atoms with Crippen molar-refractivity contribution >= 4 is 11.8 Å².